The molecule has 0 aromatic heterocycles. The van der Waals surface area contributed by atoms with Crippen LogP contribution in [0.15, 0.2) is 24.3 Å². The van der Waals surface area contributed by atoms with E-state index in [-0.39, 0.29) is 5.92 Å². The second kappa shape index (κ2) is 7.33. The van der Waals surface area contributed by atoms with Crippen LogP contribution in [0.1, 0.15) is 50.7 Å². The molecule has 1 saturated heterocycles. The lowest BCUT2D eigenvalue weighted by atomic mass is 9.67. The summed E-state index contributed by atoms with van der Waals surface area (Å²) >= 11 is 0. The largest absolute Gasteiger partial charge is 0.493 e. The van der Waals surface area contributed by atoms with Crippen LogP contribution in [0.4, 0.5) is 0 Å². The van der Waals surface area contributed by atoms with Gasteiger partial charge >= 0.3 is 0 Å². The van der Waals surface area contributed by atoms with Gasteiger partial charge in [-0.05, 0) is 39.8 Å². The second-order valence-electron chi connectivity index (χ2n) is 10.0. The van der Waals surface area contributed by atoms with Crippen molar-refractivity contribution in [3.05, 3.63) is 35.4 Å². The molecule has 3 aliphatic heterocycles. The van der Waals surface area contributed by atoms with Crippen LogP contribution < -0.4 is 28.4 Å². The standard InChI is InChI=1S/C26H32O8/c1-24(2)23-21(13-9-17(28-5)19(30-7)11-15(13)32-24)22-14-10-18(29-6)20(31-8)12-16(14)33-25(3,4)26(22,27)34-23/h9-12,21-23,27H,1-8H3. The molecule has 0 radical (unpaired) electrons. The Kier molecular flexibility index (Phi) is 4.94. The number of fused-ring (bicyclic) bond motifs is 7. The monoisotopic (exact) mass is 472 g/mol. The first-order chi connectivity index (χ1) is 16.0. The summed E-state index contributed by atoms with van der Waals surface area (Å²) in [6.45, 7) is 7.60. The number of methoxy groups -OCH3 is 4. The molecule has 1 N–H and O–H groups in total. The van der Waals surface area contributed by atoms with Gasteiger partial charge in [-0.25, -0.2) is 0 Å². The van der Waals surface area contributed by atoms with Crippen molar-refractivity contribution >= 4 is 0 Å². The average Bonchev–Trinajstić information content (AvgIpc) is 3.13. The van der Waals surface area contributed by atoms with Gasteiger partial charge in [-0.15, -0.1) is 0 Å². The fourth-order valence-corrected chi connectivity index (χ4v) is 5.72. The van der Waals surface area contributed by atoms with Gasteiger partial charge in [0.15, 0.2) is 28.6 Å². The minimum absolute atomic E-state index is 0.261. The van der Waals surface area contributed by atoms with E-state index in [1.165, 1.54) is 0 Å². The Bertz CT molecular complexity index is 1140. The van der Waals surface area contributed by atoms with E-state index < -0.39 is 29.0 Å². The van der Waals surface area contributed by atoms with Gasteiger partial charge in [0.2, 0.25) is 5.79 Å². The Morgan fingerprint density at radius 3 is 1.71 bits per heavy atom. The van der Waals surface area contributed by atoms with Crippen LogP contribution in [0.5, 0.6) is 34.5 Å². The Morgan fingerprint density at radius 1 is 0.706 bits per heavy atom. The number of aliphatic hydroxyl groups is 1. The molecular formula is C26H32O8. The molecule has 1 fully saturated rings. The molecule has 3 heterocycles. The third kappa shape index (κ3) is 2.91. The summed E-state index contributed by atoms with van der Waals surface area (Å²) < 4.78 is 41.5. The summed E-state index contributed by atoms with van der Waals surface area (Å²) in [4.78, 5) is 0. The average molecular weight is 473 g/mol. The number of ether oxygens (including phenoxy) is 7. The maximum Gasteiger partial charge on any atom is 0.214 e. The van der Waals surface area contributed by atoms with E-state index in [2.05, 4.69) is 0 Å². The van der Waals surface area contributed by atoms with Crippen molar-refractivity contribution in [3.8, 4) is 34.5 Å². The minimum atomic E-state index is -1.63. The van der Waals surface area contributed by atoms with Crippen LogP contribution >= 0.6 is 0 Å². The highest BCUT2D eigenvalue weighted by Crippen LogP contribution is 2.65. The molecule has 4 unspecified atom stereocenters. The first-order valence-corrected chi connectivity index (χ1v) is 11.3. The van der Waals surface area contributed by atoms with Gasteiger partial charge in [0.1, 0.15) is 23.2 Å². The van der Waals surface area contributed by atoms with E-state index in [4.69, 9.17) is 33.2 Å². The Morgan fingerprint density at radius 2 is 1.18 bits per heavy atom. The summed E-state index contributed by atoms with van der Waals surface area (Å²) in [6.07, 6.45) is -0.463. The fourth-order valence-electron chi connectivity index (χ4n) is 5.72. The van der Waals surface area contributed by atoms with E-state index in [1.807, 2.05) is 52.0 Å². The molecule has 8 nitrogen and oxygen atoms in total. The van der Waals surface area contributed by atoms with Crippen molar-refractivity contribution in [2.75, 3.05) is 28.4 Å². The second-order valence-corrected chi connectivity index (χ2v) is 10.0. The SMILES string of the molecule is COc1cc2c(cc1OC)C1C(OC3(O)C1c1cc(OC)c(OC)cc1OC3(C)C)C(C)(C)O2. The van der Waals surface area contributed by atoms with Crippen molar-refractivity contribution in [3.63, 3.8) is 0 Å². The van der Waals surface area contributed by atoms with Gasteiger partial charge in [-0.1, -0.05) is 0 Å². The van der Waals surface area contributed by atoms with Gasteiger partial charge in [-0.3, -0.25) is 0 Å². The molecule has 0 saturated carbocycles. The van der Waals surface area contributed by atoms with Crippen molar-refractivity contribution < 1.29 is 38.3 Å². The Labute approximate surface area is 199 Å². The van der Waals surface area contributed by atoms with E-state index in [9.17, 15) is 5.11 Å². The maximum absolute atomic E-state index is 12.2. The molecule has 2 aromatic rings. The number of hydrogen-bond acceptors (Lipinski definition) is 8. The molecule has 0 aliphatic carbocycles. The highest BCUT2D eigenvalue weighted by molar-refractivity contribution is 5.59. The van der Waals surface area contributed by atoms with E-state index >= 15 is 0 Å². The smallest absolute Gasteiger partial charge is 0.214 e. The van der Waals surface area contributed by atoms with E-state index in [0.29, 0.717) is 34.5 Å². The van der Waals surface area contributed by atoms with Crippen LogP contribution in [0.25, 0.3) is 0 Å². The maximum atomic E-state index is 12.2. The van der Waals surface area contributed by atoms with Crippen LogP contribution in [0.2, 0.25) is 0 Å². The Hall–Kier alpha value is -2.84. The number of hydrogen-bond donors (Lipinski definition) is 1. The quantitative estimate of drug-likeness (QED) is 0.714. The lowest BCUT2D eigenvalue weighted by molar-refractivity contribution is -0.295. The van der Waals surface area contributed by atoms with Crippen LogP contribution in [-0.4, -0.2) is 56.6 Å². The molecule has 34 heavy (non-hydrogen) atoms. The van der Waals surface area contributed by atoms with Crippen molar-refractivity contribution in [2.45, 2.75) is 62.6 Å². The molecular weight excluding hydrogens is 440 g/mol. The molecule has 0 amide bonds. The molecule has 0 bridgehead atoms. The van der Waals surface area contributed by atoms with E-state index in [1.54, 1.807) is 28.4 Å². The molecule has 0 spiro atoms. The first kappa shape index (κ1) is 22.9. The van der Waals surface area contributed by atoms with Crippen LogP contribution in [-0.2, 0) is 4.74 Å². The zero-order valence-electron chi connectivity index (χ0n) is 20.8. The molecule has 184 valence electrons. The predicted octanol–water partition coefficient (Wildman–Crippen LogP) is 4.02. The summed E-state index contributed by atoms with van der Waals surface area (Å²) in [5, 5.41) is 12.2. The van der Waals surface area contributed by atoms with Gasteiger partial charge in [0, 0.05) is 29.2 Å². The zero-order chi connectivity index (χ0) is 24.6. The predicted molar refractivity (Wildman–Crippen MR) is 124 cm³/mol. The van der Waals surface area contributed by atoms with Gasteiger partial charge in [-0.2, -0.15) is 0 Å². The molecule has 8 heteroatoms. The van der Waals surface area contributed by atoms with Crippen molar-refractivity contribution in [2.24, 2.45) is 0 Å². The summed E-state index contributed by atoms with van der Waals surface area (Å²) in [6, 6.07) is 7.43. The van der Waals surface area contributed by atoms with Crippen LogP contribution in [0.3, 0.4) is 0 Å². The molecule has 2 aromatic carbocycles. The number of benzene rings is 2. The lowest BCUT2D eigenvalue weighted by Crippen LogP contribution is -2.60. The van der Waals surface area contributed by atoms with Gasteiger partial charge < -0.3 is 38.3 Å². The summed E-state index contributed by atoms with van der Waals surface area (Å²) in [5.74, 6) is 1.17. The molecule has 3 aliphatic rings. The third-order valence-electron chi connectivity index (χ3n) is 7.43. The fraction of sp³-hybridized carbons (Fsp3) is 0.538. The van der Waals surface area contributed by atoms with Gasteiger partial charge in [0.25, 0.3) is 0 Å². The highest BCUT2D eigenvalue weighted by Gasteiger charge is 2.70. The highest BCUT2D eigenvalue weighted by atomic mass is 16.7. The van der Waals surface area contributed by atoms with Crippen LogP contribution in [0, 0.1) is 0 Å². The zero-order valence-corrected chi connectivity index (χ0v) is 20.8. The Balaban J connectivity index is 1.79. The van der Waals surface area contributed by atoms with Crippen molar-refractivity contribution in [1.29, 1.82) is 0 Å². The topological polar surface area (TPSA) is 84.8 Å². The summed E-state index contributed by atoms with van der Waals surface area (Å²) in [5.41, 5.74) is -0.141. The normalized spacial score (nSPS) is 29.4. The molecule has 4 atom stereocenters. The minimum Gasteiger partial charge on any atom is -0.493 e. The first-order valence-electron chi connectivity index (χ1n) is 11.3. The van der Waals surface area contributed by atoms with E-state index in [0.717, 1.165) is 11.1 Å². The molecule has 5 rings (SSSR count). The van der Waals surface area contributed by atoms with Crippen molar-refractivity contribution in [1.82, 2.24) is 0 Å². The van der Waals surface area contributed by atoms with Gasteiger partial charge in [0.05, 0.1) is 34.4 Å². The third-order valence-corrected chi connectivity index (χ3v) is 7.43. The number of rotatable bonds is 4. The summed E-state index contributed by atoms with van der Waals surface area (Å²) in [7, 11) is 6.36. The lowest BCUT2D eigenvalue weighted by Gasteiger charge is -2.47.